The quantitative estimate of drug-likeness (QED) is 0.842. The van der Waals surface area contributed by atoms with Gasteiger partial charge in [0.1, 0.15) is 5.76 Å². The van der Waals surface area contributed by atoms with E-state index in [0.29, 0.717) is 6.04 Å². The first-order valence-corrected chi connectivity index (χ1v) is 7.05. The zero-order chi connectivity index (χ0) is 12.1. The SMILES string of the molecule is CCNC(Cc1ccco1)c1sccc1CC. The van der Waals surface area contributed by atoms with Crippen LogP contribution >= 0.6 is 11.3 Å². The van der Waals surface area contributed by atoms with E-state index in [4.69, 9.17) is 4.42 Å². The van der Waals surface area contributed by atoms with Crippen LogP contribution in [0.5, 0.6) is 0 Å². The van der Waals surface area contributed by atoms with E-state index in [9.17, 15) is 0 Å². The zero-order valence-electron chi connectivity index (χ0n) is 10.4. The summed E-state index contributed by atoms with van der Waals surface area (Å²) in [5, 5.41) is 5.73. The number of likely N-dealkylation sites (N-methyl/N-ethyl adjacent to an activating group) is 1. The summed E-state index contributed by atoms with van der Waals surface area (Å²) in [7, 11) is 0. The van der Waals surface area contributed by atoms with Crippen LogP contribution in [-0.4, -0.2) is 6.54 Å². The van der Waals surface area contributed by atoms with Gasteiger partial charge < -0.3 is 9.73 Å². The van der Waals surface area contributed by atoms with Gasteiger partial charge in [-0.2, -0.15) is 0 Å². The third-order valence-corrected chi connectivity index (χ3v) is 3.99. The zero-order valence-corrected chi connectivity index (χ0v) is 11.2. The summed E-state index contributed by atoms with van der Waals surface area (Å²) in [6, 6.07) is 6.60. The predicted octanol–water partition coefficient (Wildman–Crippen LogP) is 3.80. The highest BCUT2D eigenvalue weighted by Crippen LogP contribution is 2.27. The van der Waals surface area contributed by atoms with Gasteiger partial charge in [0.25, 0.3) is 0 Å². The molecule has 2 heterocycles. The Morgan fingerprint density at radius 3 is 2.88 bits per heavy atom. The lowest BCUT2D eigenvalue weighted by Gasteiger charge is -2.17. The van der Waals surface area contributed by atoms with E-state index in [1.54, 1.807) is 6.26 Å². The van der Waals surface area contributed by atoms with Gasteiger partial charge >= 0.3 is 0 Å². The number of rotatable bonds is 6. The van der Waals surface area contributed by atoms with E-state index in [-0.39, 0.29) is 0 Å². The highest BCUT2D eigenvalue weighted by Gasteiger charge is 2.16. The summed E-state index contributed by atoms with van der Waals surface area (Å²) < 4.78 is 5.45. The molecule has 1 N–H and O–H groups in total. The Morgan fingerprint density at radius 1 is 1.35 bits per heavy atom. The van der Waals surface area contributed by atoms with Crippen LogP contribution < -0.4 is 5.32 Å². The van der Waals surface area contributed by atoms with Crippen molar-refractivity contribution in [3.8, 4) is 0 Å². The molecular weight excluding hydrogens is 230 g/mol. The molecule has 0 amide bonds. The molecule has 92 valence electrons. The van der Waals surface area contributed by atoms with Crippen molar-refractivity contribution in [1.29, 1.82) is 0 Å². The lowest BCUT2D eigenvalue weighted by atomic mass is 10.1. The molecule has 0 spiro atoms. The summed E-state index contributed by atoms with van der Waals surface area (Å²) in [4.78, 5) is 1.45. The molecule has 0 saturated carbocycles. The Morgan fingerprint density at radius 2 is 2.24 bits per heavy atom. The molecule has 2 aromatic rings. The number of aryl methyl sites for hydroxylation is 1. The molecule has 0 aliphatic heterocycles. The van der Waals surface area contributed by atoms with Gasteiger partial charge in [-0.05, 0) is 42.1 Å². The van der Waals surface area contributed by atoms with E-state index < -0.39 is 0 Å². The van der Waals surface area contributed by atoms with Crippen molar-refractivity contribution in [3.63, 3.8) is 0 Å². The van der Waals surface area contributed by atoms with Crippen molar-refractivity contribution in [2.75, 3.05) is 6.54 Å². The minimum Gasteiger partial charge on any atom is -0.469 e. The van der Waals surface area contributed by atoms with Crippen molar-refractivity contribution in [2.24, 2.45) is 0 Å². The minimum atomic E-state index is 0.376. The summed E-state index contributed by atoms with van der Waals surface area (Å²) in [6.07, 6.45) is 3.76. The average molecular weight is 249 g/mol. The molecule has 0 radical (unpaired) electrons. The molecule has 0 aromatic carbocycles. The van der Waals surface area contributed by atoms with Gasteiger partial charge in [-0.3, -0.25) is 0 Å². The van der Waals surface area contributed by atoms with Gasteiger partial charge in [-0.25, -0.2) is 0 Å². The fourth-order valence-corrected chi connectivity index (χ4v) is 3.15. The van der Waals surface area contributed by atoms with Gasteiger partial charge in [-0.15, -0.1) is 11.3 Å². The molecule has 17 heavy (non-hydrogen) atoms. The standard InChI is InChI=1S/C14H19NOS/c1-3-11-7-9-17-14(11)13(15-4-2)10-12-6-5-8-16-12/h5-9,13,15H,3-4,10H2,1-2H3. The van der Waals surface area contributed by atoms with E-state index in [1.807, 2.05) is 23.5 Å². The number of furan rings is 1. The Bertz CT molecular complexity index is 433. The maximum atomic E-state index is 5.45. The van der Waals surface area contributed by atoms with Gasteiger partial charge in [0, 0.05) is 17.3 Å². The molecule has 2 aromatic heterocycles. The number of nitrogens with one attached hydrogen (secondary N) is 1. The Labute approximate surface area is 107 Å². The van der Waals surface area contributed by atoms with Crippen molar-refractivity contribution < 1.29 is 4.42 Å². The van der Waals surface area contributed by atoms with Crippen LogP contribution in [0.1, 0.15) is 36.1 Å². The van der Waals surface area contributed by atoms with Gasteiger partial charge in [0.05, 0.1) is 6.26 Å². The number of hydrogen-bond acceptors (Lipinski definition) is 3. The van der Waals surface area contributed by atoms with Gasteiger partial charge in [0.2, 0.25) is 0 Å². The van der Waals surface area contributed by atoms with E-state index in [2.05, 4.69) is 30.6 Å². The smallest absolute Gasteiger partial charge is 0.105 e. The first-order valence-electron chi connectivity index (χ1n) is 6.17. The highest BCUT2D eigenvalue weighted by atomic mass is 32.1. The molecule has 0 aliphatic rings. The van der Waals surface area contributed by atoms with E-state index >= 15 is 0 Å². The summed E-state index contributed by atoms with van der Waals surface area (Å²) in [5.41, 5.74) is 1.45. The molecule has 0 saturated heterocycles. The van der Waals surface area contributed by atoms with Crippen LogP contribution in [0.3, 0.4) is 0 Å². The Balaban J connectivity index is 2.16. The molecule has 3 heteroatoms. The number of hydrogen-bond donors (Lipinski definition) is 1. The topological polar surface area (TPSA) is 25.2 Å². The molecule has 2 nitrogen and oxygen atoms in total. The lowest BCUT2D eigenvalue weighted by molar-refractivity contribution is 0.457. The van der Waals surface area contributed by atoms with Gasteiger partial charge in [0.15, 0.2) is 0 Å². The summed E-state index contributed by atoms with van der Waals surface area (Å²) in [6.45, 7) is 5.34. The molecular formula is C14H19NOS. The summed E-state index contributed by atoms with van der Waals surface area (Å²) >= 11 is 1.84. The molecule has 0 aliphatic carbocycles. The second-order valence-corrected chi connectivity index (χ2v) is 5.01. The summed E-state index contributed by atoms with van der Waals surface area (Å²) in [5.74, 6) is 1.05. The second-order valence-electron chi connectivity index (χ2n) is 4.06. The average Bonchev–Trinajstić information content (AvgIpc) is 2.98. The highest BCUT2D eigenvalue weighted by molar-refractivity contribution is 7.10. The lowest BCUT2D eigenvalue weighted by Crippen LogP contribution is -2.22. The normalized spacial score (nSPS) is 12.8. The maximum absolute atomic E-state index is 5.45. The van der Waals surface area contributed by atoms with Crippen LogP contribution in [0, 0.1) is 0 Å². The van der Waals surface area contributed by atoms with Crippen molar-refractivity contribution in [1.82, 2.24) is 5.32 Å². The van der Waals surface area contributed by atoms with Crippen LogP contribution in [0.4, 0.5) is 0 Å². The Hall–Kier alpha value is -1.06. The fraction of sp³-hybridized carbons (Fsp3) is 0.429. The predicted molar refractivity (Wildman–Crippen MR) is 72.5 cm³/mol. The molecule has 1 unspecified atom stereocenters. The number of thiophene rings is 1. The maximum Gasteiger partial charge on any atom is 0.105 e. The fourth-order valence-electron chi connectivity index (χ4n) is 2.08. The second kappa shape index (κ2) is 6.03. The van der Waals surface area contributed by atoms with E-state index in [1.165, 1.54) is 10.4 Å². The van der Waals surface area contributed by atoms with Crippen LogP contribution in [-0.2, 0) is 12.8 Å². The van der Waals surface area contributed by atoms with Crippen LogP contribution in [0.25, 0.3) is 0 Å². The molecule has 0 bridgehead atoms. The minimum absolute atomic E-state index is 0.376. The van der Waals surface area contributed by atoms with Crippen molar-refractivity contribution in [2.45, 2.75) is 32.7 Å². The third-order valence-electron chi connectivity index (χ3n) is 2.91. The molecule has 1 atom stereocenters. The first-order chi connectivity index (χ1) is 8.35. The van der Waals surface area contributed by atoms with Crippen LogP contribution in [0.15, 0.2) is 34.3 Å². The van der Waals surface area contributed by atoms with Crippen molar-refractivity contribution >= 4 is 11.3 Å². The third kappa shape index (κ3) is 2.99. The van der Waals surface area contributed by atoms with Crippen molar-refractivity contribution in [3.05, 3.63) is 46.0 Å². The van der Waals surface area contributed by atoms with Gasteiger partial charge in [-0.1, -0.05) is 13.8 Å². The molecule has 0 fully saturated rings. The molecule has 2 rings (SSSR count). The largest absolute Gasteiger partial charge is 0.469 e. The van der Waals surface area contributed by atoms with E-state index in [0.717, 1.165) is 25.1 Å². The Kier molecular flexibility index (Phi) is 4.40. The van der Waals surface area contributed by atoms with Crippen LogP contribution in [0.2, 0.25) is 0 Å². The first kappa shape index (κ1) is 12.4. The monoisotopic (exact) mass is 249 g/mol.